The SMILES string of the molecule is C=CCN(CC=C)C(C#N)c1ccccc1F. The molecule has 0 heterocycles. The topological polar surface area (TPSA) is 27.0 Å². The van der Waals surface area contributed by atoms with Crippen LogP contribution in [0.5, 0.6) is 0 Å². The first-order chi connectivity index (χ1) is 8.24. The lowest BCUT2D eigenvalue weighted by atomic mass is 10.1. The molecule has 88 valence electrons. The molecule has 0 saturated carbocycles. The van der Waals surface area contributed by atoms with Gasteiger partial charge >= 0.3 is 0 Å². The van der Waals surface area contributed by atoms with Crippen LogP contribution >= 0.6 is 0 Å². The van der Waals surface area contributed by atoms with E-state index in [1.54, 1.807) is 35.3 Å². The minimum atomic E-state index is -0.618. The first-order valence-electron chi connectivity index (χ1n) is 5.34. The predicted molar refractivity (Wildman–Crippen MR) is 66.7 cm³/mol. The fraction of sp³-hybridized carbons (Fsp3) is 0.214. The molecule has 0 aliphatic rings. The lowest BCUT2D eigenvalue weighted by Gasteiger charge is -2.24. The molecule has 0 saturated heterocycles. The summed E-state index contributed by atoms with van der Waals surface area (Å²) in [6.07, 6.45) is 3.38. The summed E-state index contributed by atoms with van der Waals surface area (Å²) in [5, 5.41) is 9.20. The third-order valence-electron chi connectivity index (χ3n) is 2.41. The summed E-state index contributed by atoms with van der Waals surface area (Å²) in [6, 6.07) is 7.82. The van der Waals surface area contributed by atoms with E-state index in [1.807, 2.05) is 0 Å². The Kier molecular flexibility index (Phi) is 5.12. The molecule has 2 nitrogen and oxygen atoms in total. The maximum Gasteiger partial charge on any atom is 0.129 e. The lowest BCUT2D eigenvalue weighted by molar-refractivity contribution is 0.285. The first kappa shape index (κ1) is 13.1. The number of nitrogens with zero attached hydrogens (tertiary/aromatic N) is 2. The summed E-state index contributed by atoms with van der Waals surface area (Å²) in [4.78, 5) is 1.80. The Morgan fingerprint density at radius 3 is 2.35 bits per heavy atom. The van der Waals surface area contributed by atoms with Crippen LogP contribution in [0.2, 0.25) is 0 Å². The summed E-state index contributed by atoms with van der Waals surface area (Å²) >= 11 is 0. The lowest BCUT2D eigenvalue weighted by Crippen LogP contribution is -2.28. The molecule has 1 aromatic rings. The average Bonchev–Trinajstić information content (AvgIpc) is 2.33. The Balaban J connectivity index is 3.04. The Morgan fingerprint density at radius 1 is 1.29 bits per heavy atom. The van der Waals surface area contributed by atoms with Gasteiger partial charge in [0.25, 0.3) is 0 Å². The second-order valence-electron chi connectivity index (χ2n) is 3.58. The summed E-state index contributed by atoms with van der Waals surface area (Å²) in [6.45, 7) is 8.30. The van der Waals surface area contributed by atoms with Crippen LogP contribution in [0.4, 0.5) is 4.39 Å². The average molecular weight is 230 g/mol. The van der Waals surface area contributed by atoms with Crippen molar-refractivity contribution in [3.05, 3.63) is 61.0 Å². The van der Waals surface area contributed by atoms with Crippen molar-refractivity contribution in [1.82, 2.24) is 4.90 Å². The Bertz CT molecular complexity index is 424. The van der Waals surface area contributed by atoms with Crippen molar-refractivity contribution in [1.29, 1.82) is 5.26 Å². The minimum Gasteiger partial charge on any atom is -0.277 e. The second kappa shape index (κ2) is 6.62. The van der Waals surface area contributed by atoms with Gasteiger partial charge in [0.05, 0.1) is 6.07 Å². The van der Waals surface area contributed by atoms with Gasteiger partial charge in [-0.05, 0) is 6.07 Å². The molecule has 0 spiro atoms. The number of hydrogen-bond acceptors (Lipinski definition) is 2. The molecule has 1 aromatic carbocycles. The largest absolute Gasteiger partial charge is 0.277 e. The van der Waals surface area contributed by atoms with Gasteiger partial charge in [0, 0.05) is 18.7 Å². The van der Waals surface area contributed by atoms with E-state index in [4.69, 9.17) is 0 Å². The van der Waals surface area contributed by atoms with Gasteiger partial charge in [-0.15, -0.1) is 13.2 Å². The summed E-state index contributed by atoms with van der Waals surface area (Å²) in [5.74, 6) is -0.364. The standard InChI is InChI=1S/C14H15FN2/c1-3-9-17(10-4-2)14(11-16)12-7-5-6-8-13(12)15/h3-8,14H,1-2,9-10H2. The fourth-order valence-electron chi connectivity index (χ4n) is 1.66. The maximum atomic E-state index is 13.6. The molecule has 1 unspecified atom stereocenters. The van der Waals surface area contributed by atoms with Gasteiger partial charge < -0.3 is 0 Å². The highest BCUT2D eigenvalue weighted by Crippen LogP contribution is 2.22. The van der Waals surface area contributed by atoms with E-state index in [-0.39, 0.29) is 5.82 Å². The summed E-state index contributed by atoms with van der Waals surface area (Å²) in [5.41, 5.74) is 0.388. The number of rotatable bonds is 6. The van der Waals surface area contributed by atoms with E-state index in [0.29, 0.717) is 18.7 Å². The molecule has 17 heavy (non-hydrogen) atoms. The zero-order valence-electron chi connectivity index (χ0n) is 9.64. The van der Waals surface area contributed by atoms with Gasteiger partial charge in [-0.2, -0.15) is 5.26 Å². The van der Waals surface area contributed by atoms with Gasteiger partial charge in [-0.25, -0.2) is 4.39 Å². The van der Waals surface area contributed by atoms with Gasteiger partial charge in [0.15, 0.2) is 0 Å². The molecule has 0 N–H and O–H groups in total. The molecule has 0 amide bonds. The van der Waals surface area contributed by atoms with Crippen LogP contribution in [-0.4, -0.2) is 18.0 Å². The highest BCUT2D eigenvalue weighted by Gasteiger charge is 2.20. The van der Waals surface area contributed by atoms with E-state index in [9.17, 15) is 9.65 Å². The number of halogens is 1. The van der Waals surface area contributed by atoms with Crippen molar-refractivity contribution in [2.24, 2.45) is 0 Å². The Labute approximate surface area is 101 Å². The molecule has 0 aromatic heterocycles. The third-order valence-corrected chi connectivity index (χ3v) is 2.41. The third kappa shape index (κ3) is 3.27. The zero-order chi connectivity index (χ0) is 12.7. The molecule has 0 bridgehead atoms. The zero-order valence-corrected chi connectivity index (χ0v) is 9.64. The molecule has 0 aliphatic carbocycles. The Hall–Kier alpha value is -1.92. The second-order valence-corrected chi connectivity index (χ2v) is 3.58. The van der Waals surface area contributed by atoms with Crippen LogP contribution in [-0.2, 0) is 0 Å². The van der Waals surface area contributed by atoms with Crippen LogP contribution in [0.3, 0.4) is 0 Å². The van der Waals surface area contributed by atoms with Crippen LogP contribution in [0.1, 0.15) is 11.6 Å². The predicted octanol–water partition coefficient (Wildman–Crippen LogP) is 3.06. The molecule has 0 fully saturated rings. The minimum absolute atomic E-state index is 0.364. The summed E-state index contributed by atoms with van der Waals surface area (Å²) in [7, 11) is 0. The number of benzene rings is 1. The van der Waals surface area contributed by atoms with Crippen LogP contribution < -0.4 is 0 Å². The fourth-order valence-corrected chi connectivity index (χ4v) is 1.66. The van der Waals surface area contributed by atoms with E-state index in [1.165, 1.54) is 6.07 Å². The van der Waals surface area contributed by atoms with E-state index < -0.39 is 6.04 Å². The van der Waals surface area contributed by atoms with Crippen molar-refractivity contribution < 1.29 is 4.39 Å². The van der Waals surface area contributed by atoms with E-state index in [0.717, 1.165) is 0 Å². The van der Waals surface area contributed by atoms with Crippen molar-refractivity contribution in [3.8, 4) is 6.07 Å². The van der Waals surface area contributed by atoms with Gasteiger partial charge in [0.2, 0.25) is 0 Å². The normalized spacial score (nSPS) is 11.8. The van der Waals surface area contributed by atoms with E-state index in [2.05, 4.69) is 19.2 Å². The van der Waals surface area contributed by atoms with Crippen molar-refractivity contribution in [3.63, 3.8) is 0 Å². The highest BCUT2D eigenvalue weighted by atomic mass is 19.1. The molecular weight excluding hydrogens is 215 g/mol. The Morgan fingerprint density at radius 2 is 1.88 bits per heavy atom. The quantitative estimate of drug-likeness (QED) is 0.702. The smallest absolute Gasteiger partial charge is 0.129 e. The van der Waals surface area contributed by atoms with Gasteiger partial charge in [-0.3, -0.25) is 4.90 Å². The van der Waals surface area contributed by atoms with Crippen molar-refractivity contribution in [2.75, 3.05) is 13.1 Å². The molecule has 0 radical (unpaired) electrons. The van der Waals surface area contributed by atoms with E-state index >= 15 is 0 Å². The maximum absolute atomic E-state index is 13.6. The van der Waals surface area contributed by atoms with Crippen LogP contribution in [0, 0.1) is 17.1 Å². The molecule has 0 aliphatic heterocycles. The monoisotopic (exact) mass is 230 g/mol. The molecular formula is C14H15FN2. The number of hydrogen-bond donors (Lipinski definition) is 0. The first-order valence-corrected chi connectivity index (χ1v) is 5.34. The van der Waals surface area contributed by atoms with Gasteiger partial charge in [-0.1, -0.05) is 30.4 Å². The van der Waals surface area contributed by atoms with Crippen molar-refractivity contribution >= 4 is 0 Å². The highest BCUT2D eigenvalue weighted by molar-refractivity contribution is 5.26. The van der Waals surface area contributed by atoms with Crippen LogP contribution in [0.25, 0.3) is 0 Å². The molecule has 3 heteroatoms. The number of nitriles is 1. The van der Waals surface area contributed by atoms with Gasteiger partial charge in [0.1, 0.15) is 11.9 Å². The molecule has 1 atom stereocenters. The molecule has 1 rings (SSSR count). The summed E-state index contributed by atoms with van der Waals surface area (Å²) < 4.78 is 13.6. The van der Waals surface area contributed by atoms with Crippen LogP contribution in [0.15, 0.2) is 49.6 Å². The van der Waals surface area contributed by atoms with Crippen molar-refractivity contribution in [2.45, 2.75) is 6.04 Å².